The lowest BCUT2D eigenvalue weighted by Gasteiger charge is -2.04. The van der Waals surface area contributed by atoms with Crippen LogP contribution in [0.3, 0.4) is 0 Å². The van der Waals surface area contributed by atoms with Gasteiger partial charge in [-0.2, -0.15) is 0 Å². The van der Waals surface area contributed by atoms with Crippen LogP contribution in [0.15, 0.2) is 28.7 Å². The Morgan fingerprint density at radius 1 is 1.44 bits per heavy atom. The molecule has 0 aliphatic carbocycles. The number of carbonyl (C=O) groups is 1. The first-order valence-electron chi connectivity index (χ1n) is 4.46. The summed E-state index contributed by atoms with van der Waals surface area (Å²) in [5, 5.41) is 1.94. The molecule has 0 bridgehead atoms. The zero-order chi connectivity index (χ0) is 11.7. The maximum absolute atomic E-state index is 11.3. The number of rotatable bonds is 1. The van der Waals surface area contributed by atoms with Crippen LogP contribution in [-0.4, -0.2) is 18.1 Å². The molecule has 0 aliphatic rings. The van der Waals surface area contributed by atoms with E-state index in [1.165, 1.54) is 7.11 Å². The zero-order valence-electron chi connectivity index (χ0n) is 8.33. The van der Waals surface area contributed by atoms with Gasteiger partial charge in [-0.1, -0.05) is 33.6 Å². The second-order valence-corrected chi connectivity index (χ2v) is 4.43. The number of hydrogen-bond acceptors (Lipinski definition) is 3. The van der Waals surface area contributed by atoms with E-state index in [1.807, 2.05) is 18.2 Å². The average molecular weight is 301 g/mol. The summed E-state index contributed by atoms with van der Waals surface area (Å²) < 4.78 is 5.51. The quantitative estimate of drug-likeness (QED) is 0.598. The standard InChI is InChI=1S/C11H7BrClNO2/c1-16-11(15)9-4-6-2-3-7(12)5-8(6)10(13)14-9/h2-5H,1H3. The van der Waals surface area contributed by atoms with E-state index in [1.54, 1.807) is 6.07 Å². The Labute approximate surface area is 106 Å². The number of fused-ring (bicyclic) bond motifs is 1. The van der Waals surface area contributed by atoms with E-state index in [-0.39, 0.29) is 5.69 Å². The van der Waals surface area contributed by atoms with Gasteiger partial charge in [0.15, 0.2) is 5.69 Å². The molecule has 0 amide bonds. The number of nitrogens with zero attached hydrogens (tertiary/aromatic N) is 1. The Hall–Kier alpha value is -1.13. The molecule has 16 heavy (non-hydrogen) atoms. The molecule has 0 saturated heterocycles. The van der Waals surface area contributed by atoms with Gasteiger partial charge < -0.3 is 4.74 Å². The van der Waals surface area contributed by atoms with Gasteiger partial charge in [-0.3, -0.25) is 0 Å². The number of esters is 1. The monoisotopic (exact) mass is 299 g/mol. The topological polar surface area (TPSA) is 39.2 Å². The molecule has 3 nitrogen and oxygen atoms in total. The maximum atomic E-state index is 11.3. The molecule has 0 fully saturated rings. The molecule has 2 aromatic rings. The number of pyridine rings is 1. The van der Waals surface area contributed by atoms with Crippen LogP contribution < -0.4 is 0 Å². The van der Waals surface area contributed by atoms with Crippen LogP contribution in [0.1, 0.15) is 10.5 Å². The van der Waals surface area contributed by atoms with E-state index in [0.717, 1.165) is 15.2 Å². The van der Waals surface area contributed by atoms with Crippen LogP contribution in [0.5, 0.6) is 0 Å². The van der Waals surface area contributed by atoms with Crippen LogP contribution in [0.4, 0.5) is 0 Å². The first-order valence-corrected chi connectivity index (χ1v) is 5.63. The summed E-state index contributed by atoms with van der Waals surface area (Å²) in [6, 6.07) is 7.24. The van der Waals surface area contributed by atoms with Gasteiger partial charge in [0, 0.05) is 9.86 Å². The second kappa shape index (κ2) is 4.39. The predicted molar refractivity (Wildman–Crippen MR) is 65.8 cm³/mol. The molecule has 0 spiro atoms. The molecular weight excluding hydrogens is 293 g/mol. The fourth-order valence-electron chi connectivity index (χ4n) is 1.39. The summed E-state index contributed by atoms with van der Waals surface area (Å²) in [5.41, 5.74) is 0.210. The van der Waals surface area contributed by atoms with Gasteiger partial charge in [-0.15, -0.1) is 0 Å². The summed E-state index contributed by atoms with van der Waals surface area (Å²) in [4.78, 5) is 15.3. The molecule has 0 unspecified atom stereocenters. The summed E-state index contributed by atoms with van der Waals surface area (Å²) in [6.45, 7) is 0. The average Bonchev–Trinajstić information content (AvgIpc) is 2.28. The molecule has 0 aliphatic heterocycles. The van der Waals surface area contributed by atoms with Crippen LogP contribution in [0, 0.1) is 0 Å². The normalized spacial score (nSPS) is 10.4. The van der Waals surface area contributed by atoms with Crippen LogP contribution in [0.2, 0.25) is 5.15 Å². The Balaban J connectivity index is 2.68. The first-order chi connectivity index (χ1) is 7.61. The van der Waals surface area contributed by atoms with E-state index in [0.29, 0.717) is 5.15 Å². The summed E-state index contributed by atoms with van der Waals surface area (Å²) in [7, 11) is 1.31. The minimum Gasteiger partial charge on any atom is -0.464 e. The number of hydrogen-bond donors (Lipinski definition) is 0. The Bertz CT molecular complexity index is 571. The van der Waals surface area contributed by atoms with Crippen molar-refractivity contribution in [3.63, 3.8) is 0 Å². The van der Waals surface area contributed by atoms with E-state index in [2.05, 4.69) is 25.7 Å². The van der Waals surface area contributed by atoms with Gasteiger partial charge in [0.2, 0.25) is 0 Å². The zero-order valence-corrected chi connectivity index (χ0v) is 10.7. The molecule has 1 aromatic heterocycles. The number of halogens is 2. The molecular formula is C11H7BrClNO2. The van der Waals surface area contributed by atoms with Crippen LogP contribution in [0.25, 0.3) is 10.8 Å². The highest BCUT2D eigenvalue weighted by Crippen LogP contribution is 2.26. The highest BCUT2D eigenvalue weighted by molar-refractivity contribution is 9.10. The van der Waals surface area contributed by atoms with Crippen molar-refractivity contribution < 1.29 is 9.53 Å². The third kappa shape index (κ3) is 2.03. The van der Waals surface area contributed by atoms with Gasteiger partial charge in [-0.05, 0) is 23.6 Å². The SMILES string of the molecule is COC(=O)c1cc2ccc(Br)cc2c(Cl)n1. The lowest BCUT2D eigenvalue weighted by Crippen LogP contribution is -2.04. The van der Waals surface area contributed by atoms with E-state index >= 15 is 0 Å². The van der Waals surface area contributed by atoms with Crippen molar-refractivity contribution in [2.75, 3.05) is 7.11 Å². The van der Waals surface area contributed by atoms with Gasteiger partial charge in [-0.25, -0.2) is 9.78 Å². The van der Waals surface area contributed by atoms with Crippen molar-refractivity contribution in [1.82, 2.24) is 4.98 Å². The van der Waals surface area contributed by atoms with Gasteiger partial charge >= 0.3 is 5.97 Å². The molecule has 82 valence electrons. The van der Waals surface area contributed by atoms with Gasteiger partial charge in [0.1, 0.15) is 5.15 Å². The van der Waals surface area contributed by atoms with Crippen molar-refractivity contribution >= 4 is 44.3 Å². The Kier molecular flexibility index (Phi) is 3.12. The number of aromatic nitrogens is 1. The fraction of sp³-hybridized carbons (Fsp3) is 0.0909. The lowest BCUT2D eigenvalue weighted by atomic mass is 10.1. The number of carbonyl (C=O) groups excluding carboxylic acids is 1. The molecule has 2 rings (SSSR count). The predicted octanol–water partition coefficient (Wildman–Crippen LogP) is 3.44. The summed E-state index contributed by atoms with van der Waals surface area (Å²) >= 11 is 9.35. The van der Waals surface area contributed by atoms with Crippen molar-refractivity contribution in [3.05, 3.63) is 39.6 Å². The molecule has 0 saturated carbocycles. The minimum absolute atomic E-state index is 0.210. The molecule has 0 atom stereocenters. The van der Waals surface area contributed by atoms with E-state index < -0.39 is 5.97 Å². The first kappa shape index (κ1) is 11.4. The van der Waals surface area contributed by atoms with Crippen molar-refractivity contribution in [2.45, 2.75) is 0 Å². The van der Waals surface area contributed by atoms with Crippen molar-refractivity contribution in [2.24, 2.45) is 0 Å². The van der Waals surface area contributed by atoms with Crippen molar-refractivity contribution in [3.8, 4) is 0 Å². The maximum Gasteiger partial charge on any atom is 0.356 e. The largest absolute Gasteiger partial charge is 0.464 e. The number of ether oxygens (including phenoxy) is 1. The third-order valence-corrected chi connectivity index (χ3v) is 2.92. The molecule has 1 aromatic carbocycles. The molecule has 1 heterocycles. The second-order valence-electron chi connectivity index (χ2n) is 3.16. The van der Waals surface area contributed by atoms with Crippen LogP contribution in [-0.2, 0) is 4.74 Å². The van der Waals surface area contributed by atoms with Gasteiger partial charge in [0.05, 0.1) is 7.11 Å². The minimum atomic E-state index is -0.494. The molecule has 0 N–H and O–H groups in total. The molecule has 5 heteroatoms. The number of methoxy groups -OCH3 is 1. The van der Waals surface area contributed by atoms with E-state index in [9.17, 15) is 4.79 Å². The summed E-state index contributed by atoms with van der Waals surface area (Å²) in [5.74, 6) is -0.494. The van der Waals surface area contributed by atoms with Gasteiger partial charge in [0.25, 0.3) is 0 Å². The fourth-order valence-corrected chi connectivity index (χ4v) is 2.00. The Morgan fingerprint density at radius 2 is 2.19 bits per heavy atom. The molecule has 0 radical (unpaired) electrons. The summed E-state index contributed by atoms with van der Waals surface area (Å²) in [6.07, 6.45) is 0. The number of benzene rings is 1. The lowest BCUT2D eigenvalue weighted by molar-refractivity contribution is 0.0594. The van der Waals surface area contributed by atoms with E-state index in [4.69, 9.17) is 11.6 Å². The highest BCUT2D eigenvalue weighted by atomic mass is 79.9. The third-order valence-electron chi connectivity index (χ3n) is 2.14. The smallest absolute Gasteiger partial charge is 0.356 e. The van der Waals surface area contributed by atoms with Crippen LogP contribution >= 0.6 is 27.5 Å². The highest BCUT2D eigenvalue weighted by Gasteiger charge is 2.11. The van der Waals surface area contributed by atoms with Crippen molar-refractivity contribution in [1.29, 1.82) is 0 Å². The Morgan fingerprint density at radius 3 is 2.88 bits per heavy atom.